The van der Waals surface area contributed by atoms with Crippen molar-refractivity contribution in [2.24, 2.45) is 23.7 Å². The van der Waals surface area contributed by atoms with E-state index in [2.05, 4.69) is 31.2 Å². The Labute approximate surface area is 138 Å². The van der Waals surface area contributed by atoms with Gasteiger partial charge in [-0.15, -0.1) is 0 Å². The van der Waals surface area contributed by atoms with Crippen molar-refractivity contribution in [2.75, 3.05) is 13.7 Å². The minimum atomic E-state index is -0.370. The summed E-state index contributed by atoms with van der Waals surface area (Å²) in [6.07, 6.45) is 14.8. The number of rotatable bonds is 8. The minimum absolute atomic E-state index is 0.0470. The van der Waals surface area contributed by atoms with Crippen molar-refractivity contribution >= 4 is 5.97 Å². The Balaban J connectivity index is 1.68. The van der Waals surface area contributed by atoms with Crippen molar-refractivity contribution in [2.45, 2.75) is 51.0 Å². The van der Waals surface area contributed by atoms with Crippen LogP contribution in [0.2, 0.25) is 0 Å². The standard InChI is InChI=1S/C19H28O4/c1-3-4-9-19(10-5-6-11-19)23-18(20)17-15-8-7-14(12-15)16(17)13-22-21-2/h5,7-8,10,14-17H,3-4,6,9,11-13H2,1-2H3. The van der Waals surface area contributed by atoms with Crippen LogP contribution in [-0.4, -0.2) is 25.3 Å². The second-order valence-corrected chi connectivity index (χ2v) is 7.12. The molecule has 0 saturated heterocycles. The Kier molecular flexibility index (Phi) is 5.22. The highest BCUT2D eigenvalue weighted by Gasteiger charge is 2.50. The minimum Gasteiger partial charge on any atom is -0.455 e. The number of carbonyl (C=O) groups is 1. The van der Waals surface area contributed by atoms with Gasteiger partial charge in [-0.1, -0.05) is 31.6 Å². The molecule has 3 aliphatic carbocycles. The van der Waals surface area contributed by atoms with E-state index in [-0.39, 0.29) is 23.4 Å². The molecule has 0 heterocycles. The zero-order valence-corrected chi connectivity index (χ0v) is 14.2. The topological polar surface area (TPSA) is 44.8 Å². The predicted octanol–water partition coefficient (Wildman–Crippen LogP) is 3.82. The Hall–Kier alpha value is -1.13. The van der Waals surface area contributed by atoms with Crippen LogP contribution in [0, 0.1) is 23.7 Å². The molecule has 1 fully saturated rings. The summed E-state index contributed by atoms with van der Waals surface area (Å²) in [5.74, 6) is 0.748. The van der Waals surface area contributed by atoms with Gasteiger partial charge in [0.15, 0.2) is 0 Å². The van der Waals surface area contributed by atoms with Crippen LogP contribution < -0.4 is 0 Å². The molecule has 0 aromatic heterocycles. The fourth-order valence-electron chi connectivity index (χ4n) is 4.45. The molecule has 2 bridgehead atoms. The summed E-state index contributed by atoms with van der Waals surface area (Å²) in [5.41, 5.74) is -0.370. The number of ether oxygens (including phenoxy) is 1. The number of allylic oxidation sites excluding steroid dienone is 3. The molecule has 5 atom stereocenters. The lowest BCUT2D eigenvalue weighted by Crippen LogP contribution is -2.38. The third kappa shape index (κ3) is 3.38. The number of hydrogen-bond donors (Lipinski definition) is 0. The maximum Gasteiger partial charge on any atom is 0.310 e. The molecule has 0 spiro atoms. The highest BCUT2D eigenvalue weighted by molar-refractivity contribution is 5.75. The molecule has 3 rings (SSSR count). The summed E-state index contributed by atoms with van der Waals surface area (Å²) in [6.45, 7) is 2.63. The van der Waals surface area contributed by atoms with Gasteiger partial charge < -0.3 is 4.74 Å². The molecule has 0 radical (unpaired) electrons. The fourth-order valence-corrected chi connectivity index (χ4v) is 4.45. The molecule has 4 heteroatoms. The quantitative estimate of drug-likeness (QED) is 0.295. The first-order valence-corrected chi connectivity index (χ1v) is 8.93. The molecule has 0 aliphatic heterocycles. The van der Waals surface area contributed by atoms with E-state index in [9.17, 15) is 4.79 Å². The summed E-state index contributed by atoms with van der Waals surface area (Å²) in [4.78, 5) is 22.9. The molecule has 3 aliphatic rings. The Morgan fingerprint density at radius 1 is 1.30 bits per heavy atom. The number of esters is 1. The summed E-state index contributed by atoms with van der Waals surface area (Å²) in [7, 11) is 1.51. The van der Waals surface area contributed by atoms with Gasteiger partial charge in [0.05, 0.1) is 19.6 Å². The fraction of sp³-hybridized carbons (Fsp3) is 0.737. The van der Waals surface area contributed by atoms with Crippen molar-refractivity contribution in [1.29, 1.82) is 0 Å². The van der Waals surface area contributed by atoms with Crippen LogP contribution in [0.4, 0.5) is 0 Å². The van der Waals surface area contributed by atoms with E-state index in [4.69, 9.17) is 14.5 Å². The van der Waals surface area contributed by atoms with E-state index in [1.807, 2.05) is 0 Å². The SMILES string of the molecule is CCCCC1(OC(=O)C2C3C=CC(C3)C2COOC)C=CCC1. The van der Waals surface area contributed by atoms with E-state index in [1.54, 1.807) is 0 Å². The molecule has 0 aromatic rings. The lowest BCUT2D eigenvalue weighted by Gasteiger charge is -2.32. The van der Waals surface area contributed by atoms with Crippen LogP contribution in [0.1, 0.15) is 45.4 Å². The van der Waals surface area contributed by atoms with Crippen molar-refractivity contribution < 1.29 is 19.3 Å². The number of unbranched alkanes of at least 4 members (excludes halogenated alkanes) is 1. The van der Waals surface area contributed by atoms with Gasteiger partial charge in [0, 0.05) is 5.92 Å². The zero-order valence-electron chi connectivity index (χ0n) is 14.2. The van der Waals surface area contributed by atoms with Gasteiger partial charge in [0.1, 0.15) is 5.60 Å². The maximum atomic E-state index is 12.9. The van der Waals surface area contributed by atoms with E-state index < -0.39 is 0 Å². The van der Waals surface area contributed by atoms with Crippen molar-refractivity contribution in [3.8, 4) is 0 Å². The highest BCUT2D eigenvalue weighted by Crippen LogP contribution is 2.49. The van der Waals surface area contributed by atoms with Crippen LogP contribution in [0.25, 0.3) is 0 Å². The Bertz CT molecular complexity index is 484. The predicted molar refractivity (Wildman–Crippen MR) is 87.4 cm³/mol. The van der Waals surface area contributed by atoms with Gasteiger partial charge in [-0.3, -0.25) is 4.79 Å². The third-order valence-corrected chi connectivity index (χ3v) is 5.69. The molecular weight excluding hydrogens is 292 g/mol. The van der Waals surface area contributed by atoms with Crippen LogP contribution in [-0.2, 0) is 19.3 Å². The Morgan fingerprint density at radius 2 is 2.13 bits per heavy atom. The first kappa shape index (κ1) is 16.7. The first-order valence-electron chi connectivity index (χ1n) is 8.93. The van der Waals surface area contributed by atoms with E-state index in [0.29, 0.717) is 18.4 Å². The van der Waals surface area contributed by atoms with Crippen molar-refractivity contribution in [3.05, 3.63) is 24.3 Å². The second kappa shape index (κ2) is 7.18. The average Bonchev–Trinajstić information content (AvgIpc) is 3.26. The van der Waals surface area contributed by atoms with E-state index in [1.165, 1.54) is 7.11 Å². The number of carbonyl (C=O) groups excluding carboxylic acids is 1. The normalized spacial score (nSPS) is 37.7. The molecule has 4 nitrogen and oxygen atoms in total. The van der Waals surface area contributed by atoms with Gasteiger partial charge in [0.25, 0.3) is 0 Å². The van der Waals surface area contributed by atoms with Gasteiger partial charge in [0.2, 0.25) is 0 Å². The molecule has 0 aromatic carbocycles. The van der Waals surface area contributed by atoms with Crippen LogP contribution in [0.15, 0.2) is 24.3 Å². The van der Waals surface area contributed by atoms with Crippen LogP contribution in [0.5, 0.6) is 0 Å². The van der Waals surface area contributed by atoms with Crippen molar-refractivity contribution in [1.82, 2.24) is 0 Å². The largest absolute Gasteiger partial charge is 0.455 e. The molecule has 23 heavy (non-hydrogen) atoms. The van der Waals surface area contributed by atoms with E-state index in [0.717, 1.165) is 38.5 Å². The first-order chi connectivity index (χ1) is 11.2. The monoisotopic (exact) mass is 320 g/mol. The lowest BCUT2D eigenvalue weighted by atomic mass is 9.83. The van der Waals surface area contributed by atoms with Gasteiger partial charge in [-0.2, -0.15) is 0 Å². The van der Waals surface area contributed by atoms with Gasteiger partial charge in [-0.25, -0.2) is 9.78 Å². The van der Waals surface area contributed by atoms with Crippen LogP contribution >= 0.6 is 0 Å². The summed E-state index contributed by atoms with van der Waals surface area (Å²) in [5, 5.41) is 0. The molecule has 0 N–H and O–H groups in total. The van der Waals surface area contributed by atoms with Gasteiger partial charge in [-0.05, 0) is 50.0 Å². The second-order valence-electron chi connectivity index (χ2n) is 7.12. The Morgan fingerprint density at radius 3 is 2.83 bits per heavy atom. The number of fused-ring (bicyclic) bond motifs is 2. The number of hydrogen-bond acceptors (Lipinski definition) is 4. The lowest BCUT2D eigenvalue weighted by molar-refractivity contribution is -0.283. The van der Waals surface area contributed by atoms with Crippen molar-refractivity contribution in [3.63, 3.8) is 0 Å². The third-order valence-electron chi connectivity index (χ3n) is 5.69. The molecule has 1 saturated carbocycles. The van der Waals surface area contributed by atoms with Gasteiger partial charge >= 0.3 is 5.97 Å². The smallest absolute Gasteiger partial charge is 0.310 e. The average molecular weight is 320 g/mol. The summed E-state index contributed by atoms with van der Waals surface area (Å²) < 4.78 is 6.09. The zero-order chi connectivity index (χ0) is 16.3. The molecule has 0 amide bonds. The molecule has 128 valence electrons. The molecular formula is C19H28O4. The summed E-state index contributed by atoms with van der Waals surface area (Å²) in [6, 6.07) is 0. The van der Waals surface area contributed by atoms with Crippen LogP contribution in [0.3, 0.4) is 0 Å². The van der Waals surface area contributed by atoms with E-state index >= 15 is 0 Å². The highest BCUT2D eigenvalue weighted by atomic mass is 17.2. The summed E-state index contributed by atoms with van der Waals surface area (Å²) >= 11 is 0. The maximum absolute atomic E-state index is 12.9. The molecule has 5 unspecified atom stereocenters.